The molecular formula is C20H34O2. The Morgan fingerprint density at radius 1 is 1.14 bits per heavy atom. The monoisotopic (exact) mass is 306 g/mol. The molecule has 3 rings (SSSR count). The van der Waals surface area contributed by atoms with E-state index in [1.54, 1.807) is 6.08 Å². The second-order valence-corrected chi connectivity index (χ2v) is 9.58. The Kier molecular flexibility index (Phi) is 3.63. The van der Waals surface area contributed by atoms with E-state index in [2.05, 4.69) is 34.3 Å². The Labute approximate surface area is 136 Å². The van der Waals surface area contributed by atoms with Gasteiger partial charge in [-0.15, -0.1) is 6.58 Å². The highest BCUT2D eigenvalue weighted by Gasteiger charge is 2.63. The molecule has 1 aliphatic heterocycles. The van der Waals surface area contributed by atoms with Gasteiger partial charge in [-0.05, 0) is 68.6 Å². The molecule has 0 aromatic carbocycles. The Balaban J connectivity index is 1.94. The minimum atomic E-state index is -0.920. The van der Waals surface area contributed by atoms with Crippen molar-refractivity contribution >= 4 is 0 Å². The molecule has 0 spiro atoms. The SMILES string of the molecule is C=C[C@@](C)(O)[C@@H]1C[C@H]2[C@@]3(C)CCCC(C)(C)[C@@H]3CC[C@@]2(C)O1. The molecule has 1 N–H and O–H groups in total. The number of aliphatic hydroxyl groups is 1. The fourth-order valence-corrected chi connectivity index (χ4v) is 6.34. The quantitative estimate of drug-likeness (QED) is 0.748. The van der Waals surface area contributed by atoms with Crippen LogP contribution in [0.2, 0.25) is 0 Å². The summed E-state index contributed by atoms with van der Waals surface area (Å²) < 4.78 is 6.47. The summed E-state index contributed by atoms with van der Waals surface area (Å²) in [6.07, 6.45) is 8.90. The van der Waals surface area contributed by atoms with Crippen molar-refractivity contribution in [3.05, 3.63) is 12.7 Å². The maximum Gasteiger partial charge on any atom is 0.106 e. The highest BCUT2D eigenvalue weighted by molar-refractivity contribution is 5.14. The van der Waals surface area contributed by atoms with Crippen LogP contribution in [0.1, 0.15) is 73.1 Å². The van der Waals surface area contributed by atoms with E-state index in [-0.39, 0.29) is 11.7 Å². The van der Waals surface area contributed by atoms with E-state index in [9.17, 15) is 5.11 Å². The lowest BCUT2D eigenvalue weighted by Crippen LogP contribution is -2.55. The second-order valence-electron chi connectivity index (χ2n) is 9.58. The van der Waals surface area contributed by atoms with Gasteiger partial charge < -0.3 is 9.84 Å². The number of fused-ring (bicyclic) bond motifs is 3. The highest BCUT2D eigenvalue weighted by Crippen LogP contribution is 2.66. The zero-order chi connectivity index (χ0) is 16.4. The summed E-state index contributed by atoms with van der Waals surface area (Å²) in [4.78, 5) is 0. The van der Waals surface area contributed by atoms with Gasteiger partial charge in [-0.2, -0.15) is 0 Å². The zero-order valence-electron chi connectivity index (χ0n) is 15.1. The van der Waals surface area contributed by atoms with Crippen molar-refractivity contribution in [1.82, 2.24) is 0 Å². The van der Waals surface area contributed by atoms with E-state index in [0.29, 0.717) is 16.7 Å². The molecule has 1 heterocycles. The lowest BCUT2D eigenvalue weighted by atomic mass is 9.45. The number of ether oxygens (including phenoxy) is 1. The highest BCUT2D eigenvalue weighted by atomic mass is 16.5. The molecule has 0 unspecified atom stereocenters. The molecule has 3 fully saturated rings. The van der Waals surface area contributed by atoms with Gasteiger partial charge in [-0.25, -0.2) is 0 Å². The first-order valence-electron chi connectivity index (χ1n) is 9.09. The Hall–Kier alpha value is -0.340. The van der Waals surface area contributed by atoms with Gasteiger partial charge in [0.1, 0.15) is 5.60 Å². The van der Waals surface area contributed by atoms with Crippen LogP contribution in [-0.2, 0) is 4.74 Å². The van der Waals surface area contributed by atoms with Gasteiger partial charge in [-0.3, -0.25) is 0 Å². The summed E-state index contributed by atoms with van der Waals surface area (Å²) in [6.45, 7) is 15.4. The summed E-state index contributed by atoms with van der Waals surface area (Å²) in [5, 5.41) is 10.6. The summed E-state index contributed by atoms with van der Waals surface area (Å²) in [6, 6.07) is 0. The van der Waals surface area contributed by atoms with Gasteiger partial charge in [0.25, 0.3) is 0 Å². The molecule has 126 valence electrons. The molecule has 2 aliphatic carbocycles. The number of hydrogen-bond donors (Lipinski definition) is 1. The Morgan fingerprint density at radius 3 is 2.45 bits per heavy atom. The number of hydrogen-bond acceptors (Lipinski definition) is 2. The van der Waals surface area contributed by atoms with E-state index in [0.717, 1.165) is 18.8 Å². The molecule has 22 heavy (non-hydrogen) atoms. The minimum Gasteiger partial charge on any atom is -0.383 e. The van der Waals surface area contributed by atoms with Crippen LogP contribution < -0.4 is 0 Å². The second kappa shape index (κ2) is 4.83. The van der Waals surface area contributed by atoms with Crippen LogP contribution in [0.4, 0.5) is 0 Å². The standard InChI is InChI=1S/C20H34O2/c1-7-19(5,21)16-13-15-18(4)11-8-10-17(2,3)14(18)9-12-20(15,6)22-16/h7,14-16,21H,1,8-13H2,2-6H3/t14-,15-,16-,18-,19+,20+/m0/s1. The van der Waals surface area contributed by atoms with Crippen LogP contribution in [0.15, 0.2) is 12.7 Å². The molecule has 0 radical (unpaired) electrons. The summed E-state index contributed by atoms with van der Waals surface area (Å²) in [5.74, 6) is 1.33. The van der Waals surface area contributed by atoms with E-state index in [1.165, 1.54) is 25.7 Å². The smallest absolute Gasteiger partial charge is 0.106 e. The molecule has 0 aromatic rings. The van der Waals surface area contributed by atoms with Crippen molar-refractivity contribution in [2.45, 2.75) is 90.4 Å². The van der Waals surface area contributed by atoms with Crippen molar-refractivity contribution in [3.63, 3.8) is 0 Å². The predicted octanol–water partition coefficient (Wildman–Crippen LogP) is 4.71. The predicted molar refractivity (Wildman–Crippen MR) is 90.7 cm³/mol. The fourth-order valence-electron chi connectivity index (χ4n) is 6.34. The average Bonchev–Trinajstić information content (AvgIpc) is 2.78. The van der Waals surface area contributed by atoms with Gasteiger partial charge in [0.15, 0.2) is 0 Å². The molecule has 2 nitrogen and oxygen atoms in total. The van der Waals surface area contributed by atoms with Crippen LogP contribution in [0, 0.1) is 22.7 Å². The lowest BCUT2D eigenvalue weighted by molar-refractivity contribution is -0.168. The topological polar surface area (TPSA) is 29.5 Å². The van der Waals surface area contributed by atoms with Crippen LogP contribution in [0.3, 0.4) is 0 Å². The van der Waals surface area contributed by atoms with Crippen LogP contribution in [0.25, 0.3) is 0 Å². The normalized spacial score (nSPS) is 49.8. The molecule has 0 bridgehead atoms. The largest absolute Gasteiger partial charge is 0.383 e. The molecule has 3 aliphatic rings. The van der Waals surface area contributed by atoms with Gasteiger partial charge in [0, 0.05) is 0 Å². The van der Waals surface area contributed by atoms with Crippen molar-refractivity contribution < 1.29 is 9.84 Å². The van der Waals surface area contributed by atoms with Crippen molar-refractivity contribution in [2.24, 2.45) is 22.7 Å². The van der Waals surface area contributed by atoms with Gasteiger partial charge in [0.2, 0.25) is 0 Å². The Morgan fingerprint density at radius 2 is 1.82 bits per heavy atom. The third-order valence-electron chi connectivity index (χ3n) is 7.66. The third-order valence-corrected chi connectivity index (χ3v) is 7.66. The average molecular weight is 306 g/mol. The maximum atomic E-state index is 10.6. The fraction of sp³-hybridized carbons (Fsp3) is 0.900. The zero-order valence-corrected chi connectivity index (χ0v) is 15.1. The molecule has 2 saturated carbocycles. The van der Waals surface area contributed by atoms with Gasteiger partial charge in [-0.1, -0.05) is 33.3 Å². The summed E-state index contributed by atoms with van der Waals surface area (Å²) in [7, 11) is 0. The van der Waals surface area contributed by atoms with Crippen LogP contribution >= 0.6 is 0 Å². The minimum absolute atomic E-state index is 0.0731. The van der Waals surface area contributed by atoms with E-state index < -0.39 is 5.60 Å². The number of rotatable bonds is 2. The molecule has 2 heteroatoms. The van der Waals surface area contributed by atoms with Crippen molar-refractivity contribution in [2.75, 3.05) is 0 Å². The first-order valence-corrected chi connectivity index (χ1v) is 9.09. The first kappa shape index (κ1) is 16.5. The molecule has 6 atom stereocenters. The van der Waals surface area contributed by atoms with Crippen molar-refractivity contribution in [1.29, 1.82) is 0 Å². The van der Waals surface area contributed by atoms with E-state index in [4.69, 9.17) is 4.74 Å². The van der Waals surface area contributed by atoms with Gasteiger partial charge >= 0.3 is 0 Å². The van der Waals surface area contributed by atoms with Crippen LogP contribution in [-0.4, -0.2) is 22.4 Å². The molecular weight excluding hydrogens is 272 g/mol. The van der Waals surface area contributed by atoms with E-state index in [1.807, 2.05) is 6.92 Å². The molecule has 1 saturated heterocycles. The molecule has 0 amide bonds. The summed E-state index contributed by atoms with van der Waals surface area (Å²) >= 11 is 0. The van der Waals surface area contributed by atoms with Gasteiger partial charge in [0.05, 0.1) is 11.7 Å². The van der Waals surface area contributed by atoms with E-state index >= 15 is 0 Å². The Bertz CT molecular complexity index is 466. The molecule has 0 aromatic heterocycles. The first-order chi connectivity index (χ1) is 10.1. The maximum absolute atomic E-state index is 10.6. The van der Waals surface area contributed by atoms with Crippen molar-refractivity contribution in [3.8, 4) is 0 Å². The third kappa shape index (κ3) is 2.21. The summed E-state index contributed by atoms with van der Waals surface area (Å²) in [5.41, 5.74) is -0.207. The lowest BCUT2D eigenvalue weighted by Gasteiger charge is -2.60. The van der Waals surface area contributed by atoms with Crippen LogP contribution in [0.5, 0.6) is 0 Å².